The molecule has 2 N–H and O–H groups in total. The molecule has 2 heterocycles. The molecule has 112 valence electrons. The number of amides is 1. The molecule has 0 aromatic carbocycles. The number of anilines is 1. The molecular weight excluding hydrogens is 252 g/mol. The number of aromatic nitrogens is 2. The van der Waals surface area contributed by atoms with Crippen molar-refractivity contribution in [3.05, 3.63) is 12.4 Å². The van der Waals surface area contributed by atoms with E-state index in [1.807, 2.05) is 10.9 Å². The molecule has 5 heteroatoms. The van der Waals surface area contributed by atoms with Gasteiger partial charge in [0.05, 0.1) is 17.3 Å². The second kappa shape index (κ2) is 6.39. The first-order valence-corrected chi connectivity index (χ1v) is 7.64. The minimum Gasteiger partial charge on any atom is -0.323 e. The predicted octanol–water partition coefficient (Wildman–Crippen LogP) is 2.57. The van der Waals surface area contributed by atoms with Crippen LogP contribution in [0, 0.1) is 5.41 Å². The Bertz CT molecular complexity index is 441. The lowest BCUT2D eigenvalue weighted by Gasteiger charge is -2.36. The zero-order valence-electron chi connectivity index (χ0n) is 12.8. The van der Waals surface area contributed by atoms with Gasteiger partial charge in [0, 0.05) is 18.8 Å². The van der Waals surface area contributed by atoms with E-state index in [1.54, 1.807) is 6.20 Å². The Balaban J connectivity index is 2.07. The molecule has 5 nitrogen and oxygen atoms in total. The van der Waals surface area contributed by atoms with E-state index >= 15 is 0 Å². The number of nitrogens with zero attached hydrogens (tertiary/aromatic N) is 2. The second-order valence-corrected chi connectivity index (χ2v) is 6.07. The predicted molar refractivity (Wildman–Crippen MR) is 80.7 cm³/mol. The van der Waals surface area contributed by atoms with Gasteiger partial charge in [0.15, 0.2) is 0 Å². The fraction of sp³-hybridized carbons (Fsp3) is 0.733. The Hall–Kier alpha value is -1.36. The molecule has 1 unspecified atom stereocenters. The highest BCUT2D eigenvalue weighted by atomic mass is 16.2. The quantitative estimate of drug-likeness (QED) is 0.870. The van der Waals surface area contributed by atoms with Gasteiger partial charge >= 0.3 is 0 Å². The third-order valence-electron chi connectivity index (χ3n) is 4.07. The maximum absolute atomic E-state index is 12.7. The van der Waals surface area contributed by atoms with E-state index in [0.29, 0.717) is 6.04 Å². The Morgan fingerprint density at radius 3 is 2.95 bits per heavy atom. The minimum absolute atomic E-state index is 0.134. The molecule has 0 bridgehead atoms. The number of rotatable bonds is 5. The molecule has 0 aliphatic carbocycles. The average Bonchev–Trinajstić information content (AvgIpc) is 2.89. The molecule has 1 aliphatic heterocycles. The Morgan fingerprint density at radius 1 is 1.60 bits per heavy atom. The Labute approximate surface area is 121 Å². The largest absolute Gasteiger partial charge is 0.323 e. The van der Waals surface area contributed by atoms with Crippen LogP contribution in [0.2, 0.25) is 0 Å². The molecule has 2 rings (SSSR count). The summed E-state index contributed by atoms with van der Waals surface area (Å²) in [6.07, 6.45) is 7.63. The van der Waals surface area contributed by atoms with Crippen molar-refractivity contribution in [1.82, 2.24) is 15.1 Å². The van der Waals surface area contributed by atoms with Crippen molar-refractivity contribution in [2.75, 3.05) is 18.4 Å². The van der Waals surface area contributed by atoms with Gasteiger partial charge in [-0.15, -0.1) is 0 Å². The number of hydrogen-bond donors (Lipinski definition) is 2. The molecule has 1 atom stereocenters. The van der Waals surface area contributed by atoms with Crippen LogP contribution in [-0.4, -0.2) is 28.8 Å². The summed E-state index contributed by atoms with van der Waals surface area (Å²) in [5.74, 6) is 0.134. The molecule has 1 fully saturated rings. The monoisotopic (exact) mass is 278 g/mol. The summed E-state index contributed by atoms with van der Waals surface area (Å²) in [5, 5.41) is 10.7. The first-order chi connectivity index (χ1) is 9.57. The fourth-order valence-electron chi connectivity index (χ4n) is 2.92. The molecule has 0 saturated carbocycles. The van der Waals surface area contributed by atoms with Gasteiger partial charge in [-0.3, -0.25) is 9.48 Å². The van der Waals surface area contributed by atoms with Crippen LogP contribution < -0.4 is 10.6 Å². The Morgan fingerprint density at radius 2 is 2.40 bits per heavy atom. The van der Waals surface area contributed by atoms with E-state index in [9.17, 15) is 4.79 Å². The van der Waals surface area contributed by atoms with Gasteiger partial charge in [0.25, 0.3) is 0 Å². The van der Waals surface area contributed by atoms with Crippen molar-refractivity contribution in [2.45, 2.75) is 52.5 Å². The lowest BCUT2D eigenvalue weighted by molar-refractivity contribution is -0.127. The Kier molecular flexibility index (Phi) is 4.81. The average molecular weight is 278 g/mol. The molecular formula is C15H26N4O. The minimum atomic E-state index is -0.257. The van der Waals surface area contributed by atoms with Crippen LogP contribution in [0.15, 0.2) is 12.4 Å². The summed E-state index contributed by atoms with van der Waals surface area (Å²) >= 11 is 0. The van der Waals surface area contributed by atoms with E-state index in [4.69, 9.17) is 0 Å². The van der Waals surface area contributed by atoms with Crippen LogP contribution in [0.1, 0.15) is 52.5 Å². The highest BCUT2D eigenvalue weighted by molar-refractivity contribution is 5.95. The van der Waals surface area contributed by atoms with Crippen molar-refractivity contribution in [3.8, 4) is 0 Å². The van der Waals surface area contributed by atoms with Gasteiger partial charge in [0.2, 0.25) is 5.91 Å². The van der Waals surface area contributed by atoms with E-state index in [0.717, 1.165) is 44.5 Å². The number of piperidine rings is 1. The smallest absolute Gasteiger partial charge is 0.231 e. The molecule has 1 aromatic rings. The third kappa shape index (κ3) is 3.20. The van der Waals surface area contributed by atoms with Crippen LogP contribution in [0.4, 0.5) is 5.69 Å². The normalized spacial score (nSPS) is 23.0. The standard InChI is InChI=1S/C15H26N4O/c1-4-6-15(7-5-8-16-11-15)14(20)18-13-9-17-19(10-13)12(2)3/h9-10,12,16H,4-8,11H2,1-3H3,(H,18,20). The van der Waals surface area contributed by atoms with Crippen LogP contribution in [0.3, 0.4) is 0 Å². The summed E-state index contributed by atoms with van der Waals surface area (Å²) in [6.45, 7) is 8.08. The first kappa shape index (κ1) is 15.0. The van der Waals surface area contributed by atoms with Crippen molar-refractivity contribution in [2.24, 2.45) is 5.41 Å². The highest BCUT2D eigenvalue weighted by Gasteiger charge is 2.38. The summed E-state index contributed by atoms with van der Waals surface area (Å²) in [4.78, 5) is 12.7. The number of nitrogens with one attached hydrogen (secondary N) is 2. The number of carbonyl (C=O) groups is 1. The van der Waals surface area contributed by atoms with Gasteiger partial charge in [-0.05, 0) is 39.7 Å². The van der Waals surface area contributed by atoms with Gasteiger partial charge in [-0.2, -0.15) is 5.10 Å². The first-order valence-electron chi connectivity index (χ1n) is 7.64. The maximum Gasteiger partial charge on any atom is 0.231 e. The topological polar surface area (TPSA) is 59.0 Å². The van der Waals surface area contributed by atoms with Crippen LogP contribution in [-0.2, 0) is 4.79 Å². The summed E-state index contributed by atoms with van der Waals surface area (Å²) in [7, 11) is 0. The van der Waals surface area contributed by atoms with Crippen molar-refractivity contribution in [1.29, 1.82) is 0 Å². The van der Waals surface area contributed by atoms with Crippen LogP contribution in [0.5, 0.6) is 0 Å². The molecule has 0 radical (unpaired) electrons. The maximum atomic E-state index is 12.7. The van der Waals surface area contributed by atoms with Gasteiger partial charge in [-0.25, -0.2) is 0 Å². The van der Waals surface area contributed by atoms with Crippen LogP contribution >= 0.6 is 0 Å². The summed E-state index contributed by atoms with van der Waals surface area (Å²) < 4.78 is 1.86. The SMILES string of the molecule is CCCC1(C(=O)Nc2cnn(C(C)C)c2)CCCNC1. The lowest BCUT2D eigenvalue weighted by atomic mass is 9.76. The van der Waals surface area contributed by atoms with E-state index in [1.165, 1.54) is 0 Å². The molecule has 20 heavy (non-hydrogen) atoms. The zero-order valence-corrected chi connectivity index (χ0v) is 12.8. The van der Waals surface area contributed by atoms with Crippen molar-refractivity contribution in [3.63, 3.8) is 0 Å². The van der Waals surface area contributed by atoms with Crippen molar-refractivity contribution < 1.29 is 4.79 Å². The molecule has 0 spiro atoms. The van der Waals surface area contributed by atoms with E-state index in [-0.39, 0.29) is 11.3 Å². The van der Waals surface area contributed by atoms with Gasteiger partial charge in [0.1, 0.15) is 0 Å². The fourth-order valence-corrected chi connectivity index (χ4v) is 2.92. The van der Waals surface area contributed by atoms with E-state index in [2.05, 4.69) is 36.5 Å². The lowest BCUT2D eigenvalue weighted by Crippen LogP contribution is -2.48. The second-order valence-electron chi connectivity index (χ2n) is 6.07. The molecule has 1 saturated heterocycles. The molecule has 1 aromatic heterocycles. The van der Waals surface area contributed by atoms with E-state index < -0.39 is 0 Å². The zero-order chi connectivity index (χ0) is 14.6. The third-order valence-corrected chi connectivity index (χ3v) is 4.07. The van der Waals surface area contributed by atoms with Crippen LogP contribution in [0.25, 0.3) is 0 Å². The molecule has 1 aliphatic rings. The number of hydrogen-bond acceptors (Lipinski definition) is 3. The summed E-state index contributed by atoms with van der Waals surface area (Å²) in [5.41, 5.74) is 0.539. The van der Waals surface area contributed by atoms with Gasteiger partial charge < -0.3 is 10.6 Å². The summed E-state index contributed by atoms with van der Waals surface area (Å²) in [6, 6.07) is 0.307. The molecule has 1 amide bonds. The highest BCUT2D eigenvalue weighted by Crippen LogP contribution is 2.33. The number of carbonyl (C=O) groups excluding carboxylic acids is 1. The van der Waals surface area contributed by atoms with Gasteiger partial charge in [-0.1, -0.05) is 13.3 Å². The van der Waals surface area contributed by atoms with Crippen molar-refractivity contribution >= 4 is 11.6 Å².